The first-order chi connectivity index (χ1) is 12.2. The van der Waals surface area contributed by atoms with Gasteiger partial charge in [0.25, 0.3) is 0 Å². The Balaban J connectivity index is 1.66. The minimum Gasteiger partial charge on any atom is -0.462 e. The molecule has 8 nitrogen and oxygen atoms in total. The van der Waals surface area contributed by atoms with Gasteiger partial charge in [-0.3, -0.25) is 0 Å². The number of nitrogens with zero attached hydrogens (tertiary/aromatic N) is 4. The zero-order valence-corrected chi connectivity index (χ0v) is 14.1. The maximum absolute atomic E-state index is 11.7. The van der Waals surface area contributed by atoms with Crippen LogP contribution in [0.4, 0.5) is 5.95 Å². The van der Waals surface area contributed by atoms with Crippen LogP contribution in [0.5, 0.6) is 0 Å². The maximum atomic E-state index is 11.7. The molecule has 0 saturated heterocycles. The Morgan fingerprint density at radius 3 is 2.72 bits per heavy atom. The number of rotatable bonds is 7. The number of aromatic nitrogens is 4. The first kappa shape index (κ1) is 16.7. The van der Waals surface area contributed by atoms with E-state index in [9.17, 15) is 4.79 Å². The molecule has 0 unspecified atom stereocenters. The summed E-state index contributed by atoms with van der Waals surface area (Å²) >= 11 is 0. The van der Waals surface area contributed by atoms with Crippen LogP contribution >= 0.6 is 0 Å². The van der Waals surface area contributed by atoms with Crippen molar-refractivity contribution in [2.24, 2.45) is 0 Å². The number of nitrogens with one attached hydrogen (secondary N) is 1. The van der Waals surface area contributed by atoms with Gasteiger partial charge < -0.3 is 14.5 Å². The normalized spacial score (nSPS) is 10.6. The fraction of sp³-hybridized carbons (Fsp3) is 0.294. The molecule has 3 aromatic rings. The highest BCUT2D eigenvalue weighted by Crippen LogP contribution is 2.23. The van der Waals surface area contributed by atoms with Crippen LogP contribution in [0.25, 0.3) is 11.3 Å². The maximum Gasteiger partial charge on any atom is 0.338 e. The van der Waals surface area contributed by atoms with E-state index in [0.717, 1.165) is 17.1 Å². The number of carbonyl (C=O) groups excluding carboxylic acids is 1. The van der Waals surface area contributed by atoms with E-state index in [1.54, 1.807) is 23.7 Å². The number of benzene rings is 1. The topological polar surface area (TPSA) is 95.1 Å². The highest BCUT2D eigenvalue weighted by molar-refractivity contribution is 5.89. The van der Waals surface area contributed by atoms with Crippen molar-refractivity contribution in [1.29, 1.82) is 0 Å². The predicted octanol–water partition coefficient (Wildman–Crippen LogP) is 2.74. The number of hydrogen-bond acceptors (Lipinski definition) is 7. The van der Waals surface area contributed by atoms with Crippen molar-refractivity contribution in [3.8, 4) is 11.3 Å². The van der Waals surface area contributed by atoms with Crippen molar-refractivity contribution in [2.75, 3.05) is 11.9 Å². The second-order valence-corrected chi connectivity index (χ2v) is 5.24. The largest absolute Gasteiger partial charge is 0.462 e. The number of hydrogen-bond donors (Lipinski definition) is 1. The summed E-state index contributed by atoms with van der Waals surface area (Å²) in [6.45, 7) is 5.26. The van der Waals surface area contributed by atoms with E-state index in [0.29, 0.717) is 31.2 Å². The van der Waals surface area contributed by atoms with Gasteiger partial charge >= 0.3 is 5.97 Å². The quantitative estimate of drug-likeness (QED) is 0.660. The lowest BCUT2D eigenvalue weighted by Crippen LogP contribution is -2.07. The molecule has 1 N–H and O–H groups in total. The summed E-state index contributed by atoms with van der Waals surface area (Å²) < 4.78 is 12.5. The number of anilines is 1. The molecular formula is C17H19N5O3. The Kier molecular flexibility index (Phi) is 5.08. The Hall–Kier alpha value is -3.16. The summed E-state index contributed by atoms with van der Waals surface area (Å²) in [6.07, 6.45) is 0. The van der Waals surface area contributed by atoms with Crippen LogP contribution in [0.15, 0.2) is 40.8 Å². The number of esters is 1. The molecule has 3 rings (SSSR count). The van der Waals surface area contributed by atoms with Gasteiger partial charge in [0.15, 0.2) is 0 Å². The summed E-state index contributed by atoms with van der Waals surface area (Å²) in [4.78, 5) is 11.7. The molecule has 2 aromatic heterocycles. The van der Waals surface area contributed by atoms with Crippen LogP contribution in [0.3, 0.4) is 0 Å². The van der Waals surface area contributed by atoms with Gasteiger partial charge in [0.1, 0.15) is 11.5 Å². The monoisotopic (exact) mass is 341 g/mol. The molecule has 2 heterocycles. The molecule has 0 aliphatic heterocycles. The Bertz CT molecular complexity index is 838. The summed E-state index contributed by atoms with van der Waals surface area (Å²) in [5.41, 5.74) is 1.41. The third-order valence-electron chi connectivity index (χ3n) is 3.59. The van der Waals surface area contributed by atoms with E-state index in [2.05, 4.69) is 20.8 Å². The van der Waals surface area contributed by atoms with Crippen molar-refractivity contribution in [3.63, 3.8) is 0 Å². The molecule has 0 aliphatic carbocycles. The molecule has 1 aromatic carbocycles. The lowest BCUT2D eigenvalue weighted by Gasteiger charge is -2.04. The van der Waals surface area contributed by atoms with Gasteiger partial charge in [-0.1, -0.05) is 17.2 Å². The van der Waals surface area contributed by atoms with Gasteiger partial charge in [0, 0.05) is 12.1 Å². The molecular weight excluding hydrogens is 322 g/mol. The van der Waals surface area contributed by atoms with Crippen LogP contribution in [0.1, 0.15) is 30.0 Å². The van der Waals surface area contributed by atoms with Crippen LogP contribution in [0.2, 0.25) is 0 Å². The first-order valence-corrected chi connectivity index (χ1v) is 8.07. The molecule has 0 radical (unpaired) electrons. The first-order valence-electron chi connectivity index (χ1n) is 8.07. The van der Waals surface area contributed by atoms with Gasteiger partial charge in [0.2, 0.25) is 5.95 Å². The fourth-order valence-electron chi connectivity index (χ4n) is 2.32. The van der Waals surface area contributed by atoms with E-state index in [1.165, 1.54) is 0 Å². The molecule has 0 saturated carbocycles. The molecule has 25 heavy (non-hydrogen) atoms. The van der Waals surface area contributed by atoms with Crippen LogP contribution < -0.4 is 5.32 Å². The lowest BCUT2D eigenvalue weighted by atomic mass is 10.1. The second-order valence-electron chi connectivity index (χ2n) is 5.24. The molecule has 0 aliphatic rings. The third-order valence-corrected chi connectivity index (χ3v) is 3.59. The van der Waals surface area contributed by atoms with Gasteiger partial charge in [-0.05, 0) is 48.5 Å². The van der Waals surface area contributed by atoms with Crippen molar-refractivity contribution in [2.45, 2.75) is 26.9 Å². The fourth-order valence-corrected chi connectivity index (χ4v) is 2.32. The van der Waals surface area contributed by atoms with E-state index in [1.807, 2.05) is 31.2 Å². The highest BCUT2D eigenvalue weighted by atomic mass is 16.5. The van der Waals surface area contributed by atoms with Gasteiger partial charge in [-0.15, -0.1) is 0 Å². The van der Waals surface area contributed by atoms with Gasteiger partial charge in [-0.25, -0.2) is 9.48 Å². The SMILES string of the molecule is CCOC(=O)c1ccc(-c2ccc(CNc3nnnn3CC)o2)cc1. The lowest BCUT2D eigenvalue weighted by molar-refractivity contribution is 0.0526. The zero-order valence-electron chi connectivity index (χ0n) is 14.1. The van der Waals surface area contributed by atoms with Crippen molar-refractivity contribution >= 4 is 11.9 Å². The summed E-state index contributed by atoms with van der Waals surface area (Å²) in [5, 5.41) is 14.5. The zero-order chi connectivity index (χ0) is 17.6. The molecule has 8 heteroatoms. The highest BCUT2D eigenvalue weighted by Gasteiger charge is 2.10. The third kappa shape index (κ3) is 3.85. The minimum atomic E-state index is -0.327. The van der Waals surface area contributed by atoms with Crippen LogP contribution in [-0.4, -0.2) is 32.8 Å². The van der Waals surface area contributed by atoms with Crippen molar-refractivity contribution in [3.05, 3.63) is 47.7 Å². The molecule has 0 atom stereocenters. The van der Waals surface area contributed by atoms with Gasteiger partial charge in [0.05, 0.1) is 18.7 Å². The van der Waals surface area contributed by atoms with E-state index in [-0.39, 0.29) is 5.97 Å². The van der Waals surface area contributed by atoms with E-state index >= 15 is 0 Å². The smallest absolute Gasteiger partial charge is 0.338 e. The Morgan fingerprint density at radius 2 is 2.00 bits per heavy atom. The minimum absolute atomic E-state index is 0.327. The van der Waals surface area contributed by atoms with Crippen LogP contribution in [0, 0.1) is 0 Å². The summed E-state index contributed by atoms with van der Waals surface area (Å²) in [6, 6.07) is 10.9. The summed E-state index contributed by atoms with van der Waals surface area (Å²) in [5.74, 6) is 1.75. The number of ether oxygens (including phenoxy) is 1. The predicted molar refractivity (Wildman–Crippen MR) is 90.9 cm³/mol. The molecule has 0 amide bonds. The molecule has 0 fully saturated rings. The molecule has 130 valence electrons. The van der Waals surface area contributed by atoms with E-state index in [4.69, 9.17) is 9.15 Å². The number of carbonyl (C=O) groups is 1. The molecule has 0 bridgehead atoms. The summed E-state index contributed by atoms with van der Waals surface area (Å²) in [7, 11) is 0. The average molecular weight is 341 g/mol. The second kappa shape index (κ2) is 7.61. The van der Waals surface area contributed by atoms with Crippen molar-refractivity contribution < 1.29 is 13.9 Å². The van der Waals surface area contributed by atoms with Crippen LogP contribution in [-0.2, 0) is 17.8 Å². The average Bonchev–Trinajstić information content (AvgIpc) is 3.29. The van der Waals surface area contributed by atoms with E-state index < -0.39 is 0 Å². The molecule has 0 spiro atoms. The van der Waals surface area contributed by atoms with Crippen molar-refractivity contribution in [1.82, 2.24) is 20.2 Å². The number of tetrazole rings is 1. The number of furan rings is 1. The Morgan fingerprint density at radius 1 is 1.20 bits per heavy atom. The van der Waals surface area contributed by atoms with Gasteiger partial charge in [-0.2, -0.15) is 0 Å². The number of aryl methyl sites for hydroxylation is 1. The standard InChI is InChI=1S/C17H19N5O3/c1-3-22-17(19-20-21-22)18-11-14-9-10-15(25-14)12-5-7-13(8-6-12)16(23)24-4-2/h5-10H,3-4,11H2,1-2H3,(H,18,19,21). The Labute approximate surface area is 144 Å².